The summed E-state index contributed by atoms with van der Waals surface area (Å²) in [5, 5.41) is 4.65. The topological polar surface area (TPSA) is 61.3 Å². The molecule has 3 nitrogen and oxygen atoms in total. The minimum atomic E-state index is 0.732. The van der Waals surface area contributed by atoms with Crippen LogP contribution in [0.3, 0.4) is 0 Å². The number of nitrogen functional groups attached to an aromatic ring is 2. The zero-order chi connectivity index (χ0) is 16.9. The van der Waals surface area contributed by atoms with Gasteiger partial charge in [0.1, 0.15) is 5.75 Å². The fraction of sp³-hybridized carbons (Fsp3) is 0.0476. The van der Waals surface area contributed by atoms with Crippen LogP contribution in [0.5, 0.6) is 5.75 Å². The van der Waals surface area contributed by atoms with Crippen LogP contribution in [0.1, 0.15) is 0 Å². The first-order valence-corrected chi connectivity index (χ1v) is 7.74. The lowest BCUT2D eigenvalue weighted by Crippen LogP contribution is -1.89. The zero-order valence-corrected chi connectivity index (χ0v) is 13.6. The maximum Gasteiger partial charge on any atom is 0.128 e. The maximum atomic E-state index is 5.72. The Morgan fingerprint density at radius 3 is 2.00 bits per heavy atom. The van der Waals surface area contributed by atoms with Gasteiger partial charge in [-0.2, -0.15) is 0 Å². The third-order valence-corrected chi connectivity index (χ3v) is 3.84. The zero-order valence-electron chi connectivity index (χ0n) is 13.6. The molecule has 0 fully saturated rings. The van der Waals surface area contributed by atoms with Crippen molar-refractivity contribution in [1.29, 1.82) is 0 Å². The van der Waals surface area contributed by atoms with Gasteiger partial charge >= 0.3 is 0 Å². The average Bonchev–Trinajstić information content (AvgIpc) is 2.61. The van der Waals surface area contributed by atoms with Gasteiger partial charge in [0, 0.05) is 22.8 Å². The molecule has 4 aromatic carbocycles. The van der Waals surface area contributed by atoms with Crippen LogP contribution in [0.25, 0.3) is 21.5 Å². The minimum Gasteiger partial charge on any atom is -0.496 e. The van der Waals surface area contributed by atoms with Crippen LogP contribution in [-0.4, -0.2) is 7.11 Å². The molecule has 0 spiro atoms. The summed E-state index contributed by atoms with van der Waals surface area (Å²) >= 11 is 0. The first-order chi connectivity index (χ1) is 11.7. The summed E-state index contributed by atoms with van der Waals surface area (Å²) in [7, 11) is 1.65. The highest BCUT2D eigenvalue weighted by Crippen LogP contribution is 2.28. The first kappa shape index (κ1) is 15.7. The Bertz CT molecular complexity index is 979. The van der Waals surface area contributed by atoms with Gasteiger partial charge in [-0.05, 0) is 34.4 Å². The highest BCUT2D eigenvalue weighted by Gasteiger charge is 2.00. The molecule has 0 atom stereocenters. The van der Waals surface area contributed by atoms with E-state index in [9.17, 15) is 0 Å². The predicted molar refractivity (Wildman–Crippen MR) is 103 cm³/mol. The summed E-state index contributed by atoms with van der Waals surface area (Å²) < 4.78 is 5.23. The van der Waals surface area contributed by atoms with Crippen molar-refractivity contribution in [3.63, 3.8) is 0 Å². The number of ether oxygens (including phenoxy) is 1. The number of hydrogen-bond donors (Lipinski definition) is 2. The van der Waals surface area contributed by atoms with Crippen LogP contribution in [-0.2, 0) is 0 Å². The van der Waals surface area contributed by atoms with Crippen molar-refractivity contribution >= 4 is 32.9 Å². The average molecular weight is 316 g/mol. The molecule has 0 unspecified atom stereocenters. The summed E-state index contributed by atoms with van der Waals surface area (Å²) in [4.78, 5) is 0. The van der Waals surface area contributed by atoms with E-state index in [1.165, 1.54) is 10.8 Å². The summed E-state index contributed by atoms with van der Waals surface area (Å²) in [6.45, 7) is 0. The number of benzene rings is 4. The molecule has 0 radical (unpaired) electrons. The fourth-order valence-corrected chi connectivity index (χ4v) is 2.67. The molecule has 0 saturated heterocycles. The van der Waals surface area contributed by atoms with Gasteiger partial charge in [-0.15, -0.1) is 0 Å². The molecule has 0 aromatic heterocycles. The van der Waals surface area contributed by atoms with Crippen LogP contribution in [0, 0.1) is 0 Å². The van der Waals surface area contributed by atoms with Gasteiger partial charge in [0.2, 0.25) is 0 Å². The van der Waals surface area contributed by atoms with E-state index in [0.29, 0.717) is 0 Å². The van der Waals surface area contributed by atoms with Crippen molar-refractivity contribution < 1.29 is 4.74 Å². The van der Waals surface area contributed by atoms with Crippen molar-refractivity contribution in [2.45, 2.75) is 0 Å². The van der Waals surface area contributed by atoms with Crippen LogP contribution in [0.15, 0.2) is 78.9 Å². The second-order valence-corrected chi connectivity index (χ2v) is 5.55. The number of rotatable bonds is 1. The lowest BCUT2D eigenvalue weighted by molar-refractivity contribution is 0.420. The van der Waals surface area contributed by atoms with E-state index < -0.39 is 0 Å². The first-order valence-electron chi connectivity index (χ1n) is 7.74. The van der Waals surface area contributed by atoms with Crippen molar-refractivity contribution in [2.24, 2.45) is 0 Å². The van der Waals surface area contributed by atoms with Crippen molar-refractivity contribution in [2.75, 3.05) is 18.6 Å². The molecule has 4 aromatic rings. The quantitative estimate of drug-likeness (QED) is 0.493. The molecule has 3 heteroatoms. The number of anilines is 2. The second-order valence-electron chi connectivity index (χ2n) is 5.55. The molecular weight excluding hydrogens is 296 g/mol. The lowest BCUT2D eigenvalue weighted by Gasteiger charge is -2.06. The van der Waals surface area contributed by atoms with Crippen molar-refractivity contribution in [3.8, 4) is 5.75 Å². The highest BCUT2D eigenvalue weighted by atomic mass is 16.5. The Labute approximate surface area is 141 Å². The van der Waals surface area contributed by atoms with Crippen molar-refractivity contribution in [1.82, 2.24) is 0 Å². The van der Waals surface area contributed by atoms with Gasteiger partial charge in [-0.25, -0.2) is 0 Å². The summed E-state index contributed by atoms with van der Waals surface area (Å²) in [6, 6.07) is 25.9. The molecule has 0 heterocycles. The molecule has 24 heavy (non-hydrogen) atoms. The Kier molecular flexibility index (Phi) is 4.52. The van der Waals surface area contributed by atoms with Crippen molar-refractivity contribution in [3.05, 3.63) is 78.9 Å². The standard InChI is InChI=1S/C11H11NO.C10H9N/c1-13-11-7-9(12)6-8-4-2-3-5-10(8)11;11-10-6-5-8-3-1-2-4-9(8)7-10/h2-7H,12H2,1H3;1-7H,11H2. The van der Waals surface area contributed by atoms with Crippen LogP contribution in [0.4, 0.5) is 11.4 Å². The van der Waals surface area contributed by atoms with E-state index in [-0.39, 0.29) is 0 Å². The molecule has 0 aliphatic carbocycles. The molecule has 4 rings (SSSR count). The summed E-state index contributed by atoms with van der Waals surface area (Å²) in [6.07, 6.45) is 0. The van der Waals surface area contributed by atoms with Gasteiger partial charge in [-0.1, -0.05) is 54.6 Å². The number of nitrogens with two attached hydrogens (primary N) is 2. The molecular formula is C21H20N2O. The SMILES string of the molecule is COc1cc(N)cc2ccccc12.Nc1ccc2ccccc2c1. The lowest BCUT2D eigenvalue weighted by atomic mass is 10.1. The van der Waals surface area contributed by atoms with Crippen LogP contribution in [0.2, 0.25) is 0 Å². The van der Waals surface area contributed by atoms with Gasteiger partial charge < -0.3 is 16.2 Å². The molecule has 0 saturated carbocycles. The minimum absolute atomic E-state index is 0.732. The Morgan fingerprint density at radius 1 is 0.625 bits per heavy atom. The molecule has 0 aliphatic heterocycles. The normalized spacial score (nSPS) is 10.2. The fourth-order valence-electron chi connectivity index (χ4n) is 2.67. The second kappa shape index (κ2) is 6.92. The predicted octanol–water partition coefficient (Wildman–Crippen LogP) is 4.85. The van der Waals surface area contributed by atoms with Gasteiger partial charge in [-0.3, -0.25) is 0 Å². The van der Waals surface area contributed by atoms with E-state index in [1.54, 1.807) is 7.11 Å². The third-order valence-electron chi connectivity index (χ3n) is 3.84. The number of methoxy groups -OCH3 is 1. The van der Waals surface area contributed by atoms with Gasteiger partial charge in [0.25, 0.3) is 0 Å². The maximum absolute atomic E-state index is 5.72. The Morgan fingerprint density at radius 2 is 1.25 bits per heavy atom. The van der Waals surface area contributed by atoms with E-state index in [0.717, 1.165) is 27.9 Å². The third kappa shape index (κ3) is 3.41. The molecule has 0 amide bonds. The molecule has 4 N–H and O–H groups in total. The largest absolute Gasteiger partial charge is 0.496 e. The van der Waals surface area contributed by atoms with Crippen LogP contribution >= 0.6 is 0 Å². The highest BCUT2D eigenvalue weighted by molar-refractivity contribution is 5.91. The number of hydrogen-bond acceptors (Lipinski definition) is 3. The summed E-state index contributed by atoms with van der Waals surface area (Å²) in [5.41, 5.74) is 12.9. The summed E-state index contributed by atoms with van der Waals surface area (Å²) in [5.74, 6) is 0.829. The van der Waals surface area contributed by atoms with E-state index >= 15 is 0 Å². The van der Waals surface area contributed by atoms with Gasteiger partial charge in [0.15, 0.2) is 0 Å². The molecule has 120 valence electrons. The number of fused-ring (bicyclic) bond motifs is 2. The van der Waals surface area contributed by atoms with E-state index in [4.69, 9.17) is 16.2 Å². The van der Waals surface area contributed by atoms with Crippen LogP contribution < -0.4 is 16.2 Å². The van der Waals surface area contributed by atoms with E-state index in [1.807, 2.05) is 66.7 Å². The Hall–Kier alpha value is -3.20. The monoisotopic (exact) mass is 316 g/mol. The van der Waals surface area contributed by atoms with Gasteiger partial charge in [0.05, 0.1) is 7.11 Å². The molecule has 0 bridgehead atoms. The Balaban J connectivity index is 0.000000143. The molecule has 0 aliphatic rings. The van der Waals surface area contributed by atoms with E-state index in [2.05, 4.69) is 12.1 Å². The smallest absolute Gasteiger partial charge is 0.128 e.